The molecule has 1 aliphatic carbocycles. The molecule has 2 aromatic heterocycles. The molecule has 26 heavy (non-hydrogen) atoms. The summed E-state index contributed by atoms with van der Waals surface area (Å²) in [5, 5.41) is 13.9. The van der Waals surface area contributed by atoms with Gasteiger partial charge in [0.2, 0.25) is 0 Å². The Morgan fingerprint density at radius 2 is 2.08 bits per heavy atom. The summed E-state index contributed by atoms with van der Waals surface area (Å²) in [5.41, 5.74) is 4.38. The molecule has 2 heterocycles. The predicted octanol–water partition coefficient (Wildman–Crippen LogP) is 3.03. The van der Waals surface area contributed by atoms with Crippen LogP contribution in [-0.4, -0.2) is 28.2 Å². The fraction of sp³-hybridized carbons (Fsp3) is 0.263. The molecule has 0 spiro atoms. The highest BCUT2D eigenvalue weighted by Crippen LogP contribution is 2.25. The average molecular weight is 366 g/mol. The van der Waals surface area contributed by atoms with Crippen LogP contribution in [-0.2, 0) is 19.4 Å². The zero-order chi connectivity index (χ0) is 17.9. The Labute approximate surface area is 155 Å². The Hall–Kier alpha value is -2.80. The van der Waals surface area contributed by atoms with Gasteiger partial charge in [-0.15, -0.1) is 16.4 Å². The van der Waals surface area contributed by atoms with Crippen molar-refractivity contribution in [2.24, 2.45) is 0 Å². The molecule has 1 amide bonds. The van der Waals surface area contributed by atoms with Crippen LogP contribution in [0.3, 0.4) is 0 Å². The highest BCUT2D eigenvalue weighted by molar-refractivity contribution is 7.13. The molecule has 0 unspecified atom stereocenters. The fourth-order valence-corrected chi connectivity index (χ4v) is 3.78. The number of rotatable bonds is 5. The van der Waals surface area contributed by atoms with Crippen LogP contribution in [0.2, 0.25) is 0 Å². The van der Waals surface area contributed by atoms with Gasteiger partial charge >= 0.3 is 0 Å². The minimum atomic E-state index is -0.216. The number of benzene rings is 1. The molecule has 1 aliphatic rings. The maximum absolute atomic E-state index is 12.3. The predicted molar refractivity (Wildman–Crippen MR) is 99.3 cm³/mol. The third-order valence-corrected chi connectivity index (χ3v) is 5.31. The number of thiazole rings is 1. The molecule has 4 rings (SSSR count). The van der Waals surface area contributed by atoms with E-state index in [-0.39, 0.29) is 5.91 Å². The zero-order valence-electron chi connectivity index (χ0n) is 14.4. The van der Waals surface area contributed by atoms with E-state index in [1.165, 1.54) is 0 Å². The Balaban J connectivity index is 1.40. The summed E-state index contributed by atoms with van der Waals surface area (Å²) >= 11 is 1.55. The summed E-state index contributed by atoms with van der Waals surface area (Å²) < 4.78 is 5.17. The average Bonchev–Trinajstić information content (AvgIpc) is 3.35. The molecular weight excluding hydrogens is 348 g/mol. The fourth-order valence-electron chi connectivity index (χ4n) is 2.96. The second-order valence-electron chi connectivity index (χ2n) is 6.11. The molecule has 1 aromatic carbocycles. The number of aryl methyl sites for hydroxylation is 2. The number of ether oxygens (including phenoxy) is 1. The molecule has 3 aromatic rings. The Morgan fingerprint density at radius 1 is 1.23 bits per heavy atom. The number of hydrogen-bond donors (Lipinski definition) is 1. The molecule has 0 bridgehead atoms. The Kier molecular flexibility index (Phi) is 4.62. The Morgan fingerprint density at radius 3 is 2.88 bits per heavy atom. The van der Waals surface area contributed by atoms with Crippen molar-refractivity contribution in [1.29, 1.82) is 0 Å². The molecule has 1 N–H and O–H groups in total. The van der Waals surface area contributed by atoms with Crippen LogP contribution in [0.5, 0.6) is 5.75 Å². The van der Waals surface area contributed by atoms with E-state index in [0.717, 1.165) is 52.5 Å². The SMILES string of the molecule is COc1ccc(-c2nc(CNC(=O)c3cc4c(nn3)CCC4)cs2)cc1. The number of amides is 1. The van der Waals surface area contributed by atoms with Crippen molar-refractivity contribution in [2.75, 3.05) is 7.11 Å². The summed E-state index contributed by atoms with van der Waals surface area (Å²) in [5.74, 6) is 0.597. The van der Waals surface area contributed by atoms with Crippen molar-refractivity contribution in [1.82, 2.24) is 20.5 Å². The second kappa shape index (κ2) is 7.21. The maximum atomic E-state index is 12.3. The van der Waals surface area contributed by atoms with E-state index in [9.17, 15) is 4.79 Å². The first-order chi connectivity index (χ1) is 12.7. The number of carbonyl (C=O) groups excluding carboxylic acids is 1. The van der Waals surface area contributed by atoms with Gasteiger partial charge in [0.1, 0.15) is 10.8 Å². The third kappa shape index (κ3) is 3.43. The van der Waals surface area contributed by atoms with Gasteiger partial charge < -0.3 is 10.1 Å². The maximum Gasteiger partial charge on any atom is 0.272 e. The lowest BCUT2D eigenvalue weighted by Gasteiger charge is -2.04. The number of carbonyl (C=O) groups is 1. The van der Waals surface area contributed by atoms with Gasteiger partial charge in [0.05, 0.1) is 25.0 Å². The van der Waals surface area contributed by atoms with E-state index in [2.05, 4.69) is 20.5 Å². The van der Waals surface area contributed by atoms with Crippen LogP contribution in [0.15, 0.2) is 35.7 Å². The number of fused-ring (bicyclic) bond motifs is 1. The lowest BCUT2D eigenvalue weighted by atomic mass is 10.2. The molecule has 0 fully saturated rings. The molecule has 0 aliphatic heterocycles. The van der Waals surface area contributed by atoms with Gasteiger partial charge in [-0.2, -0.15) is 5.10 Å². The van der Waals surface area contributed by atoms with E-state index >= 15 is 0 Å². The van der Waals surface area contributed by atoms with Crippen LogP contribution in [0.4, 0.5) is 0 Å². The molecule has 6 nitrogen and oxygen atoms in total. The smallest absolute Gasteiger partial charge is 0.272 e. The van der Waals surface area contributed by atoms with Gasteiger partial charge in [0.25, 0.3) is 5.91 Å². The van der Waals surface area contributed by atoms with Gasteiger partial charge in [0.15, 0.2) is 5.69 Å². The summed E-state index contributed by atoms with van der Waals surface area (Å²) in [6, 6.07) is 9.62. The topological polar surface area (TPSA) is 77.0 Å². The van der Waals surface area contributed by atoms with Crippen LogP contribution in [0, 0.1) is 0 Å². The highest BCUT2D eigenvalue weighted by Gasteiger charge is 2.17. The first-order valence-corrected chi connectivity index (χ1v) is 9.33. The van der Waals surface area contributed by atoms with E-state index < -0.39 is 0 Å². The first-order valence-electron chi connectivity index (χ1n) is 8.45. The molecule has 0 radical (unpaired) electrons. The quantitative estimate of drug-likeness (QED) is 0.751. The highest BCUT2D eigenvalue weighted by atomic mass is 32.1. The first kappa shape index (κ1) is 16.7. The lowest BCUT2D eigenvalue weighted by Crippen LogP contribution is -2.24. The van der Waals surface area contributed by atoms with Crippen molar-refractivity contribution in [3.63, 3.8) is 0 Å². The van der Waals surface area contributed by atoms with E-state index in [1.54, 1.807) is 18.4 Å². The van der Waals surface area contributed by atoms with Crippen molar-refractivity contribution in [3.8, 4) is 16.3 Å². The third-order valence-electron chi connectivity index (χ3n) is 4.37. The largest absolute Gasteiger partial charge is 0.497 e. The summed E-state index contributed by atoms with van der Waals surface area (Å²) in [7, 11) is 1.64. The molecular formula is C19H18N4O2S. The van der Waals surface area contributed by atoms with Gasteiger partial charge in [-0.25, -0.2) is 4.98 Å². The van der Waals surface area contributed by atoms with Gasteiger partial charge in [-0.3, -0.25) is 4.79 Å². The minimum Gasteiger partial charge on any atom is -0.497 e. The number of nitrogens with zero attached hydrogens (tertiary/aromatic N) is 3. The van der Waals surface area contributed by atoms with E-state index in [1.807, 2.05) is 35.7 Å². The monoisotopic (exact) mass is 366 g/mol. The lowest BCUT2D eigenvalue weighted by molar-refractivity contribution is 0.0944. The summed E-state index contributed by atoms with van der Waals surface area (Å²) in [6.45, 7) is 0.365. The van der Waals surface area contributed by atoms with Crippen molar-refractivity contribution < 1.29 is 9.53 Å². The normalized spacial score (nSPS) is 12.7. The molecule has 7 heteroatoms. The van der Waals surface area contributed by atoms with Crippen molar-refractivity contribution in [3.05, 3.63) is 58.4 Å². The minimum absolute atomic E-state index is 0.216. The molecule has 0 atom stereocenters. The van der Waals surface area contributed by atoms with Crippen molar-refractivity contribution >= 4 is 17.2 Å². The second-order valence-corrected chi connectivity index (χ2v) is 6.97. The number of aromatic nitrogens is 3. The number of nitrogens with one attached hydrogen (secondary N) is 1. The number of hydrogen-bond acceptors (Lipinski definition) is 6. The van der Waals surface area contributed by atoms with Gasteiger partial charge in [-0.05, 0) is 55.2 Å². The molecule has 0 saturated carbocycles. The summed E-state index contributed by atoms with van der Waals surface area (Å²) in [4.78, 5) is 16.9. The summed E-state index contributed by atoms with van der Waals surface area (Å²) in [6.07, 6.45) is 3.02. The zero-order valence-corrected chi connectivity index (χ0v) is 15.2. The van der Waals surface area contributed by atoms with E-state index in [4.69, 9.17) is 4.74 Å². The van der Waals surface area contributed by atoms with Crippen LogP contribution in [0.25, 0.3) is 10.6 Å². The molecule has 0 saturated heterocycles. The van der Waals surface area contributed by atoms with Gasteiger partial charge in [-0.1, -0.05) is 0 Å². The number of methoxy groups -OCH3 is 1. The Bertz CT molecular complexity index is 937. The standard InChI is InChI=1S/C19H18N4O2S/c1-25-15-7-5-12(6-8-15)19-21-14(11-26-19)10-20-18(24)17-9-13-3-2-4-16(13)22-23-17/h5-9,11H,2-4,10H2,1H3,(H,20,24). The van der Waals surface area contributed by atoms with Crippen LogP contribution < -0.4 is 10.1 Å². The van der Waals surface area contributed by atoms with Crippen molar-refractivity contribution in [2.45, 2.75) is 25.8 Å². The van der Waals surface area contributed by atoms with Crippen LogP contribution >= 0.6 is 11.3 Å². The van der Waals surface area contributed by atoms with E-state index in [0.29, 0.717) is 12.2 Å². The molecule has 132 valence electrons. The van der Waals surface area contributed by atoms with Gasteiger partial charge in [0, 0.05) is 10.9 Å². The van der Waals surface area contributed by atoms with Crippen LogP contribution in [0.1, 0.15) is 33.9 Å².